The number of rotatable bonds is 11. The van der Waals surface area contributed by atoms with Crippen LogP contribution in [0, 0.1) is 18.3 Å². The zero-order chi connectivity index (χ0) is 30.1. The Bertz CT molecular complexity index is 1450. The van der Waals surface area contributed by atoms with Crippen molar-refractivity contribution in [3.05, 3.63) is 35.5 Å². The molecule has 0 spiro atoms. The van der Waals surface area contributed by atoms with Crippen molar-refractivity contribution < 1.29 is 21.6 Å². The molecule has 3 rings (SSSR count). The molecule has 2 aromatic rings. The van der Waals surface area contributed by atoms with E-state index >= 15 is 0 Å². The largest absolute Gasteiger partial charge is 0.369 e. The van der Waals surface area contributed by atoms with Gasteiger partial charge >= 0.3 is 0 Å². The minimum absolute atomic E-state index is 0.127. The van der Waals surface area contributed by atoms with Crippen molar-refractivity contribution in [2.75, 3.05) is 13.1 Å². The molecule has 9 nitrogen and oxygen atoms in total. The molecular weight excluding hydrogens is 548 g/mol. The van der Waals surface area contributed by atoms with Crippen molar-refractivity contribution in [1.82, 2.24) is 14.0 Å². The number of hydrogen-bond donors (Lipinski definition) is 3. The van der Waals surface area contributed by atoms with Crippen LogP contribution in [0.4, 0.5) is 0 Å². The van der Waals surface area contributed by atoms with Crippen LogP contribution in [0.1, 0.15) is 84.9 Å². The molecule has 0 saturated heterocycles. The van der Waals surface area contributed by atoms with Crippen molar-refractivity contribution in [3.8, 4) is 11.3 Å². The second-order valence-corrected chi connectivity index (χ2v) is 16.1. The molecule has 1 aromatic heterocycles. The maximum absolute atomic E-state index is 13.5. The Labute approximate surface area is 240 Å². The number of carbonyl (C=O) groups excluding carboxylic acids is 1. The van der Waals surface area contributed by atoms with Crippen molar-refractivity contribution in [1.29, 1.82) is 0 Å². The summed E-state index contributed by atoms with van der Waals surface area (Å²) in [4.78, 5) is 12.2. The molecule has 1 aliphatic carbocycles. The molecule has 1 amide bonds. The molecule has 224 valence electrons. The summed E-state index contributed by atoms with van der Waals surface area (Å²) in [6.45, 7) is 13.4. The van der Waals surface area contributed by atoms with E-state index in [2.05, 4.69) is 14.0 Å². The monoisotopic (exact) mass is 594 g/mol. The number of sulfonamides is 2. The van der Waals surface area contributed by atoms with Crippen molar-refractivity contribution in [3.63, 3.8) is 0 Å². The molecule has 0 aliphatic heterocycles. The first-order valence-electron chi connectivity index (χ1n) is 14.0. The molecule has 0 unspecified atom stereocenters. The first-order chi connectivity index (χ1) is 18.4. The summed E-state index contributed by atoms with van der Waals surface area (Å²) in [5, 5.41) is 0. The highest BCUT2D eigenvalue weighted by Gasteiger charge is 2.31. The molecule has 0 bridgehead atoms. The SMILES string of the molecule is CCNS(=O)(=O)c1ccc(-c2cc(S(=O)(=O)NCC(C)(C)C(N)=O)c(C)n2CC2CCCCC2)cc1C(C)(C)C. The van der Waals surface area contributed by atoms with E-state index in [0.29, 0.717) is 23.7 Å². The van der Waals surface area contributed by atoms with E-state index in [1.807, 2.05) is 26.8 Å². The summed E-state index contributed by atoms with van der Waals surface area (Å²) >= 11 is 0. The van der Waals surface area contributed by atoms with E-state index in [9.17, 15) is 21.6 Å². The van der Waals surface area contributed by atoms with Gasteiger partial charge in [0.2, 0.25) is 26.0 Å². The van der Waals surface area contributed by atoms with Gasteiger partial charge in [-0.15, -0.1) is 0 Å². The topological polar surface area (TPSA) is 140 Å². The maximum Gasteiger partial charge on any atom is 0.242 e. The van der Waals surface area contributed by atoms with Crippen LogP contribution >= 0.6 is 0 Å². The molecule has 4 N–H and O–H groups in total. The Kier molecular flexibility index (Phi) is 9.65. The molecule has 40 heavy (non-hydrogen) atoms. The highest BCUT2D eigenvalue weighted by Crippen LogP contribution is 2.37. The number of aromatic nitrogens is 1. The summed E-state index contributed by atoms with van der Waals surface area (Å²) in [6, 6.07) is 6.91. The number of nitrogens with one attached hydrogen (secondary N) is 2. The normalized spacial score (nSPS) is 15.9. The minimum Gasteiger partial charge on any atom is -0.369 e. The van der Waals surface area contributed by atoms with Gasteiger partial charge in [-0.3, -0.25) is 4.79 Å². The fourth-order valence-corrected chi connectivity index (χ4v) is 8.12. The van der Waals surface area contributed by atoms with E-state index in [1.54, 1.807) is 45.9 Å². The van der Waals surface area contributed by atoms with Crippen LogP contribution in [-0.2, 0) is 36.8 Å². The van der Waals surface area contributed by atoms with E-state index in [1.165, 1.54) is 6.42 Å². The Morgan fingerprint density at radius 1 is 0.950 bits per heavy atom. The number of nitrogens with zero attached hydrogens (tertiary/aromatic N) is 1. The van der Waals surface area contributed by atoms with E-state index < -0.39 is 36.8 Å². The van der Waals surface area contributed by atoms with Gasteiger partial charge in [-0.1, -0.05) is 53.0 Å². The third kappa shape index (κ3) is 7.16. The highest BCUT2D eigenvalue weighted by atomic mass is 32.2. The number of primary amides is 1. The van der Waals surface area contributed by atoms with Gasteiger partial charge in [-0.25, -0.2) is 26.3 Å². The van der Waals surface area contributed by atoms with Gasteiger partial charge in [0.05, 0.1) is 10.3 Å². The zero-order valence-corrected chi connectivity index (χ0v) is 26.6. The molecule has 1 fully saturated rings. The first-order valence-corrected chi connectivity index (χ1v) is 17.0. The van der Waals surface area contributed by atoms with E-state index in [-0.39, 0.29) is 22.9 Å². The van der Waals surface area contributed by atoms with Gasteiger partial charge in [0.1, 0.15) is 4.90 Å². The summed E-state index contributed by atoms with van der Waals surface area (Å²) in [7, 11) is -7.68. The molecule has 11 heteroatoms. The molecule has 1 aromatic carbocycles. The van der Waals surface area contributed by atoms with Gasteiger partial charge in [0.15, 0.2) is 0 Å². The predicted molar refractivity (Wildman–Crippen MR) is 159 cm³/mol. The zero-order valence-electron chi connectivity index (χ0n) is 24.9. The van der Waals surface area contributed by atoms with Gasteiger partial charge < -0.3 is 10.3 Å². The quantitative estimate of drug-likeness (QED) is 0.353. The maximum atomic E-state index is 13.5. The fraction of sp³-hybridized carbons (Fsp3) is 0.621. The average Bonchev–Trinajstić information content (AvgIpc) is 3.19. The Balaban J connectivity index is 2.18. The molecule has 1 aliphatic rings. The van der Waals surface area contributed by atoms with Crippen molar-refractivity contribution >= 4 is 26.0 Å². The molecule has 1 saturated carbocycles. The summed E-state index contributed by atoms with van der Waals surface area (Å²) in [5.41, 5.74) is 6.65. The molecule has 1 heterocycles. The van der Waals surface area contributed by atoms with Crippen LogP contribution < -0.4 is 15.2 Å². The third-order valence-electron chi connectivity index (χ3n) is 7.85. The number of hydrogen-bond acceptors (Lipinski definition) is 5. The second-order valence-electron chi connectivity index (χ2n) is 12.6. The van der Waals surface area contributed by atoms with Crippen LogP contribution in [0.2, 0.25) is 0 Å². The van der Waals surface area contributed by atoms with E-state index in [4.69, 9.17) is 5.73 Å². The van der Waals surface area contributed by atoms with Crippen LogP contribution in [0.3, 0.4) is 0 Å². The lowest BCUT2D eigenvalue weighted by atomic mass is 9.85. The Morgan fingerprint density at radius 2 is 1.55 bits per heavy atom. The van der Waals surface area contributed by atoms with Crippen molar-refractivity contribution in [2.24, 2.45) is 17.1 Å². The second kappa shape index (κ2) is 12.0. The minimum atomic E-state index is -3.97. The van der Waals surface area contributed by atoms with Gasteiger partial charge in [0, 0.05) is 31.0 Å². The number of amides is 1. The van der Waals surface area contributed by atoms with Gasteiger partial charge in [-0.2, -0.15) is 0 Å². The smallest absolute Gasteiger partial charge is 0.242 e. The third-order valence-corrected chi connectivity index (χ3v) is 11.0. The Hall–Kier alpha value is -2.21. The standard InChI is InChI=1S/C29H46N4O5S2/c1-8-31-39(35,36)25-15-14-22(16-23(25)28(3,4)5)24-17-26(40(37,38)32-19-29(6,7)27(30)34)20(2)33(24)18-21-12-10-9-11-13-21/h14-17,21,31-32H,8-13,18-19H2,1-7H3,(H2,30,34). The number of nitrogens with two attached hydrogens (primary N) is 1. The van der Waals surface area contributed by atoms with Crippen LogP contribution in [-0.4, -0.2) is 40.4 Å². The molecule has 0 radical (unpaired) electrons. The van der Waals surface area contributed by atoms with Crippen molar-refractivity contribution in [2.45, 2.75) is 102 Å². The lowest BCUT2D eigenvalue weighted by Gasteiger charge is -2.26. The number of carbonyl (C=O) groups is 1. The highest BCUT2D eigenvalue weighted by molar-refractivity contribution is 7.89. The summed E-state index contributed by atoms with van der Waals surface area (Å²) in [5.74, 6) is -0.170. The molecule has 0 atom stereocenters. The van der Waals surface area contributed by atoms with Crippen LogP contribution in [0.5, 0.6) is 0 Å². The first kappa shape index (κ1) is 32.3. The Morgan fingerprint density at radius 3 is 2.10 bits per heavy atom. The summed E-state index contributed by atoms with van der Waals surface area (Å²) < 4.78 is 60.4. The van der Waals surface area contributed by atoms with Gasteiger partial charge in [0.25, 0.3) is 0 Å². The van der Waals surface area contributed by atoms with Gasteiger partial charge in [-0.05, 0) is 74.3 Å². The van der Waals surface area contributed by atoms with Crippen LogP contribution in [0.15, 0.2) is 34.1 Å². The number of benzene rings is 1. The average molecular weight is 595 g/mol. The van der Waals surface area contributed by atoms with Crippen LogP contribution in [0.25, 0.3) is 11.3 Å². The fourth-order valence-electron chi connectivity index (χ4n) is 5.21. The lowest BCUT2D eigenvalue weighted by molar-refractivity contribution is -0.125. The summed E-state index contributed by atoms with van der Waals surface area (Å²) in [6.07, 6.45) is 5.68. The van der Waals surface area contributed by atoms with E-state index in [0.717, 1.165) is 36.9 Å². The predicted octanol–water partition coefficient (Wildman–Crippen LogP) is 4.43. The molecular formula is C29H46N4O5S2. The lowest BCUT2D eigenvalue weighted by Crippen LogP contribution is -2.42.